The van der Waals surface area contributed by atoms with Gasteiger partial charge in [0.1, 0.15) is 23.0 Å². The lowest BCUT2D eigenvalue weighted by molar-refractivity contribution is -0.109. The molecule has 1 aliphatic rings. The first-order valence-corrected chi connectivity index (χ1v) is 8.35. The Balaban J connectivity index is 1.95. The Morgan fingerprint density at radius 1 is 1.15 bits per heavy atom. The fourth-order valence-corrected chi connectivity index (χ4v) is 2.96. The average Bonchev–Trinajstić information content (AvgIpc) is 2.68. The molecule has 0 bridgehead atoms. The van der Waals surface area contributed by atoms with Crippen LogP contribution in [0.3, 0.4) is 0 Å². The lowest BCUT2D eigenvalue weighted by atomic mass is 10.0. The molecule has 0 unspecified atom stereocenters. The van der Waals surface area contributed by atoms with Crippen LogP contribution in [-0.4, -0.2) is 39.0 Å². The van der Waals surface area contributed by atoms with Gasteiger partial charge in [0, 0.05) is 20.8 Å². The molecule has 3 rings (SSSR count). The lowest BCUT2D eigenvalue weighted by Gasteiger charge is -2.29. The van der Waals surface area contributed by atoms with E-state index in [0.717, 1.165) is 18.4 Å². The maximum absolute atomic E-state index is 12.7. The zero-order valence-corrected chi connectivity index (χ0v) is 15.1. The fourth-order valence-electron chi connectivity index (χ4n) is 2.96. The summed E-state index contributed by atoms with van der Waals surface area (Å²) in [4.78, 5) is 18.8. The number of aromatic nitrogens is 1. The Kier molecular flexibility index (Phi) is 5.70. The summed E-state index contributed by atoms with van der Waals surface area (Å²) in [5, 5.41) is 0. The minimum absolute atomic E-state index is 0.466. The molecule has 1 aromatic carbocycles. The van der Waals surface area contributed by atoms with Crippen molar-refractivity contribution in [3.05, 3.63) is 47.7 Å². The number of hydrogen-bond donors (Lipinski definition) is 0. The number of carbonyl (C=O) groups is 1. The van der Waals surface area contributed by atoms with Gasteiger partial charge in [-0.25, -0.2) is 9.78 Å². The molecule has 26 heavy (non-hydrogen) atoms. The monoisotopic (exact) mass is 358 g/mol. The zero-order chi connectivity index (χ0) is 18.5. The summed E-state index contributed by atoms with van der Waals surface area (Å²) >= 11 is 0. The number of aryl methyl sites for hydroxylation is 1. The van der Waals surface area contributed by atoms with Crippen molar-refractivity contribution in [3.63, 3.8) is 0 Å². The molecule has 0 N–H and O–H groups in total. The smallest absolute Gasteiger partial charge is 0.420 e. The molecule has 1 amide bonds. The molecule has 0 fully saturated rings. The molecule has 138 valence electrons. The number of methoxy groups -OCH3 is 3. The number of ether oxygens (including phenoxy) is 4. The Morgan fingerprint density at radius 3 is 2.54 bits per heavy atom. The third kappa shape index (κ3) is 3.63. The van der Waals surface area contributed by atoms with Crippen LogP contribution in [0.1, 0.15) is 24.0 Å². The normalized spacial score (nSPS) is 13.5. The lowest BCUT2D eigenvalue weighted by Crippen LogP contribution is -2.38. The number of para-hydroxylation sites is 1. The van der Waals surface area contributed by atoms with E-state index in [2.05, 4.69) is 4.98 Å². The molecular weight excluding hydrogens is 336 g/mol. The number of benzene rings is 1. The van der Waals surface area contributed by atoms with Crippen molar-refractivity contribution in [2.45, 2.75) is 19.1 Å². The minimum Gasteiger partial charge on any atom is -0.495 e. The van der Waals surface area contributed by atoms with Gasteiger partial charge in [0.25, 0.3) is 0 Å². The molecule has 0 aliphatic carbocycles. The van der Waals surface area contributed by atoms with Crippen molar-refractivity contribution in [1.29, 1.82) is 0 Å². The third-order valence-corrected chi connectivity index (χ3v) is 4.19. The summed E-state index contributed by atoms with van der Waals surface area (Å²) in [6.45, 7) is 0.530. The molecule has 1 aliphatic heterocycles. The van der Waals surface area contributed by atoms with Crippen LogP contribution in [0, 0.1) is 0 Å². The van der Waals surface area contributed by atoms with E-state index in [-0.39, 0.29) is 0 Å². The van der Waals surface area contributed by atoms with E-state index in [1.807, 2.05) is 24.3 Å². The SMILES string of the molecule is COc1cc2c(nc1C(OC)OC)N(C(=O)Oc1ccccc1)CCC2. The Labute approximate surface area is 152 Å². The van der Waals surface area contributed by atoms with Gasteiger partial charge in [0.2, 0.25) is 6.29 Å². The number of pyridine rings is 1. The number of amides is 1. The number of nitrogens with zero attached hydrogens (tertiary/aromatic N) is 2. The average molecular weight is 358 g/mol. The summed E-state index contributed by atoms with van der Waals surface area (Å²) in [5.74, 6) is 1.60. The zero-order valence-electron chi connectivity index (χ0n) is 15.1. The number of anilines is 1. The molecular formula is C19H22N2O5. The standard InChI is InChI=1S/C19H22N2O5/c1-23-15-12-13-8-7-11-21(17(13)20-16(15)18(24-2)25-3)19(22)26-14-9-5-4-6-10-14/h4-6,9-10,12,18H,7-8,11H2,1-3H3. The number of carbonyl (C=O) groups excluding carboxylic acids is 1. The Bertz CT molecular complexity index is 762. The molecule has 2 aromatic rings. The Hall–Kier alpha value is -2.64. The van der Waals surface area contributed by atoms with Crippen molar-refractivity contribution in [3.8, 4) is 11.5 Å². The Morgan fingerprint density at radius 2 is 1.88 bits per heavy atom. The molecule has 0 spiro atoms. The summed E-state index contributed by atoms with van der Waals surface area (Å²) in [7, 11) is 4.62. The molecule has 1 aromatic heterocycles. The minimum atomic E-state index is -0.691. The van der Waals surface area contributed by atoms with Gasteiger partial charge in [-0.2, -0.15) is 0 Å². The van der Waals surface area contributed by atoms with Crippen LogP contribution in [0.2, 0.25) is 0 Å². The first-order valence-electron chi connectivity index (χ1n) is 8.35. The van der Waals surface area contributed by atoms with E-state index in [9.17, 15) is 4.79 Å². The highest BCUT2D eigenvalue weighted by molar-refractivity contribution is 5.89. The molecule has 0 saturated carbocycles. The van der Waals surface area contributed by atoms with Crippen LogP contribution in [0.15, 0.2) is 36.4 Å². The van der Waals surface area contributed by atoms with Crippen molar-refractivity contribution in [1.82, 2.24) is 4.98 Å². The molecule has 2 heterocycles. The summed E-state index contributed by atoms with van der Waals surface area (Å²) in [6, 6.07) is 10.8. The largest absolute Gasteiger partial charge is 0.495 e. The molecule has 7 nitrogen and oxygen atoms in total. The fraction of sp³-hybridized carbons (Fsp3) is 0.368. The quantitative estimate of drug-likeness (QED) is 0.764. The maximum atomic E-state index is 12.7. The third-order valence-electron chi connectivity index (χ3n) is 4.19. The molecule has 0 saturated heterocycles. The van der Waals surface area contributed by atoms with Gasteiger partial charge in [-0.05, 0) is 36.6 Å². The topological polar surface area (TPSA) is 70.1 Å². The number of hydrogen-bond acceptors (Lipinski definition) is 6. The summed E-state index contributed by atoms with van der Waals surface area (Å²) < 4.78 is 21.5. The second-order valence-electron chi connectivity index (χ2n) is 5.80. The van der Waals surface area contributed by atoms with Crippen LogP contribution in [0.5, 0.6) is 11.5 Å². The molecule has 7 heteroatoms. The van der Waals surface area contributed by atoms with E-state index in [1.54, 1.807) is 19.2 Å². The van der Waals surface area contributed by atoms with E-state index in [1.165, 1.54) is 19.1 Å². The van der Waals surface area contributed by atoms with Crippen molar-refractivity contribution in [2.24, 2.45) is 0 Å². The van der Waals surface area contributed by atoms with Crippen LogP contribution in [-0.2, 0) is 15.9 Å². The second-order valence-corrected chi connectivity index (χ2v) is 5.80. The van der Waals surface area contributed by atoms with E-state index in [4.69, 9.17) is 18.9 Å². The number of fused-ring (bicyclic) bond motifs is 1. The van der Waals surface area contributed by atoms with Gasteiger partial charge in [-0.15, -0.1) is 0 Å². The van der Waals surface area contributed by atoms with Gasteiger partial charge in [0.05, 0.1) is 7.11 Å². The van der Waals surface area contributed by atoms with Crippen LogP contribution < -0.4 is 14.4 Å². The maximum Gasteiger partial charge on any atom is 0.420 e. The van der Waals surface area contributed by atoms with Crippen LogP contribution in [0.4, 0.5) is 10.6 Å². The highest BCUT2D eigenvalue weighted by Gasteiger charge is 2.29. The van der Waals surface area contributed by atoms with Gasteiger partial charge < -0.3 is 18.9 Å². The summed E-state index contributed by atoms with van der Waals surface area (Å²) in [5.41, 5.74) is 1.41. The summed E-state index contributed by atoms with van der Waals surface area (Å²) in [6.07, 6.45) is 0.467. The van der Waals surface area contributed by atoms with Crippen molar-refractivity contribution >= 4 is 11.9 Å². The highest BCUT2D eigenvalue weighted by atomic mass is 16.7. The van der Waals surface area contributed by atoms with Gasteiger partial charge in [0.15, 0.2) is 0 Å². The first-order chi connectivity index (χ1) is 12.7. The number of rotatable bonds is 5. The molecule has 0 atom stereocenters. The van der Waals surface area contributed by atoms with Crippen molar-refractivity contribution < 1.29 is 23.7 Å². The predicted molar refractivity (Wildman–Crippen MR) is 95.7 cm³/mol. The van der Waals surface area contributed by atoms with Crippen LogP contribution in [0.25, 0.3) is 0 Å². The van der Waals surface area contributed by atoms with E-state index < -0.39 is 12.4 Å². The predicted octanol–water partition coefficient (Wildman–Crippen LogP) is 3.33. The van der Waals surface area contributed by atoms with Crippen molar-refractivity contribution in [2.75, 3.05) is 32.8 Å². The van der Waals surface area contributed by atoms with Gasteiger partial charge >= 0.3 is 6.09 Å². The second kappa shape index (κ2) is 8.16. The van der Waals surface area contributed by atoms with E-state index >= 15 is 0 Å². The van der Waals surface area contributed by atoms with E-state index in [0.29, 0.717) is 29.6 Å². The molecule has 0 radical (unpaired) electrons. The first kappa shape index (κ1) is 18.2. The van der Waals surface area contributed by atoms with Crippen LogP contribution >= 0.6 is 0 Å². The van der Waals surface area contributed by atoms with Gasteiger partial charge in [-0.1, -0.05) is 18.2 Å². The highest BCUT2D eigenvalue weighted by Crippen LogP contribution is 2.34. The van der Waals surface area contributed by atoms with Gasteiger partial charge in [-0.3, -0.25) is 4.90 Å².